The molecule has 1 aliphatic rings. The molecule has 0 heterocycles. The van der Waals surface area contributed by atoms with Crippen LogP contribution in [-0.2, 0) is 11.2 Å². The summed E-state index contributed by atoms with van der Waals surface area (Å²) >= 11 is 0. The van der Waals surface area contributed by atoms with Gasteiger partial charge in [-0.1, -0.05) is 30.3 Å². The molecule has 3 atom stereocenters. The second-order valence-corrected chi connectivity index (χ2v) is 8.95. The molecule has 0 spiro atoms. The first kappa shape index (κ1) is 23.9. The molecule has 0 fully saturated rings. The van der Waals surface area contributed by atoms with Crippen LogP contribution in [0.1, 0.15) is 29.7 Å². The number of anilines is 1. The zero-order chi connectivity index (χ0) is 24.4. The SMILES string of the molecule is CC(=O)N[C@@H](Cc1cc(F)cc(F)c1)[C@@H](O)CNC1c2ccccc2-c2ccc(N(C)C)cc21. The van der Waals surface area contributed by atoms with Crippen molar-refractivity contribution in [2.45, 2.75) is 31.5 Å². The lowest BCUT2D eigenvalue weighted by molar-refractivity contribution is -0.120. The number of aliphatic hydroxyl groups is 1. The third-order valence-electron chi connectivity index (χ3n) is 6.19. The van der Waals surface area contributed by atoms with Crippen LogP contribution >= 0.6 is 0 Å². The van der Waals surface area contributed by atoms with Gasteiger partial charge in [-0.2, -0.15) is 0 Å². The van der Waals surface area contributed by atoms with Crippen molar-refractivity contribution in [2.75, 3.05) is 25.5 Å². The van der Waals surface area contributed by atoms with Crippen LogP contribution in [-0.4, -0.2) is 43.8 Å². The predicted molar refractivity (Wildman–Crippen MR) is 130 cm³/mol. The number of fused-ring (bicyclic) bond motifs is 3. The first-order valence-corrected chi connectivity index (χ1v) is 11.3. The summed E-state index contributed by atoms with van der Waals surface area (Å²) in [6.07, 6.45) is -0.886. The van der Waals surface area contributed by atoms with Crippen molar-refractivity contribution in [3.8, 4) is 11.1 Å². The van der Waals surface area contributed by atoms with Crippen molar-refractivity contribution < 1.29 is 18.7 Å². The average Bonchev–Trinajstić information content (AvgIpc) is 3.09. The molecule has 34 heavy (non-hydrogen) atoms. The highest BCUT2D eigenvalue weighted by molar-refractivity contribution is 5.80. The van der Waals surface area contributed by atoms with Gasteiger partial charge in [0.2, 0.25) is 5.91 Å². The number of carbonyl (C=O) groups excluding carboxylic acids is 1. The lowest BCUT2D eigenvalue weighted by Crippen LogP contribution is -2.48. The number of nitrogens with zero attached hydrogens (tertiary/aromatic N) is 1. The fourth-order valence-electron chi connectivity index (χ4n) is 4.60. The van der Waals surface area contributed by atoms with E-state index >= 15 is 0 Å². The first-order chi connectivity index (χ1) is 16.2. The van der Waals surface area contributed by atoms with Gasteiger partial charge in [-0.25, -0.2) is 8.78 Å². The van der Waals surface area contributed by atoms with E-state index in [-0.39, 0.29) is 24.9 Å². The van der Waals surface area contributed by atoms with Gasteiger partial charge < -0.3 is 20.6 Å². The summed E-state index contributed by atoms with van der Waals surface area (Å²) in [5.41, 5.74) is 5.95. The monoisotopic (exact) mass is 465 g/mol. The number of halogens is 2. The summed E-state index contributed by atoms with van der Waals surface area (Å²) < 4.78 is 27.3. The Morgan fingerprint density at radius 3 is 2.35 bits per heavy atom. The van der Waals surface area contributed by atoms with Crippen molar-refractivity contribution in [2.24, 2.45) is 0 Å². The molecule has 3 aromatic carbocycles. The van der Waals surface area contributed by atoms with Gasteiger partial charge in [0.15, 0.2) is 0 Å². The van der Waals surface area contributed by atoms with Crippen LogP contribution < -0.4 is 15.5 Å². The minimum atomic E-state index is -0.983. The minimum Gasteiger partial charge on any atom is -0.390 e. The Labute approximate surface area is 198 Å². The second-order valence-electron chi connectivity index (χ2n) is 8.95. The lowest BCUT2D eigenvalue weighted by Gasteiger charge is -2.26. The minimum absolute atomic E-state index is 0.0969. The molecule has 0 radical (unpaired) electrons. The largest absolute Gasteiger partial charge is 0.390 e. The molecular formula is C27H29F2N3O2. The molecule has 1 amide bonds. The fraction of sp³-hybridized carbons (Fsp3) is 0.296. The smallest absolute Gasteiger partial charge is 0.217 e. The number of aliphatic hydroxyl groups excluding tert-OH is 1. The molecule has 0 saturated carbocycles. The van der Waals surface area contributed by atoms with Crippen LogP contribution in [0, 0.1) is 11.6 Å². The molecule has 1 unspecified atom stereocenters. The maximum atomic E-state index is 13.7. The molecule has 7 heteroatoms. The molecule has 3 N–H and O–H groups in total. The van der Waals surface area contributed by atoms with Crippen molar-refractivity contribution in [1.82, 2.24) is 10.6 Å². The second kappa shape index (κ2) is 9.91. The van der Waals surface area contributed by atoms with E-state index in [0.717, 1.165) is 34.0 Å². The van der Waals surface area contributed by atoms with Gasteiger partial charge in [0.1, 0.15) is 11.6 Å². The van der Waals surface area contributed by atoms with Gasteiger partial charge in [0, 0.05) is 39.3 Å². The van der Waals surface area contributed by atoms with Crippen LogP contribution in [0.4, 0.5) is 14.5 Å². The number of benzene rings is 3. The van der Waals surface area contributed by atoms with Crippen LogP contribution in [0.3, 0.4) is 0 Å². The van der Waals surface area contributed by atoms with Crippen molar-refractivity contribution in [3.63, 3.8) is 0 Å². The van der Waals surface area contributed by atoms with E-state index in [9.17, 15) is 18.7 Å². The quantitative estimate of drug-likeness (QED) is 0.474. The maximum absolute atomic E-state index is 13.7. The van der Waals surface area contributed by atoms with E-state index in [1.165, 1.54) is 19.1 Å². The number of nitrogens with one attached hydrogen (secondary N) is 2. The first-order valence-electron chi connectivity index (χ1n) is 11.3. The summed E-state index contributed by atoms with van der Waals surface area (Å²) in [4.78, 5) is 13.8. The van der Waals surface area contributed by atoms with Gasteiger partial charge >= 0.3 is 0 Å². The van der Waals surface area contributed by atoms with Gasteiger partial charge in [-0.05, 0) is 58.5 Å². The molecule has 4 rings (SSSR count). The summed E-state index contributed by atoms with van der Waals surface area (Å²) in [6.45, 7) is 1.53. The Hall–Kier alpha value is -3.29. The van der Waals surface area contributed by atoms with Crippen molar-refractivity contribution in [3.05, 3.63) is 89.0 Å². The highest BCUT2D eigenvalue weighted by atomic mass is 19.1. The van der Waals surface area contributed by atoms with Gasteiger partial charge in [-0.3, -0.25) is 4.79 Å². The Kier molecular flexibility index (Phi) is 6.95. The standard InChI is InChI=1S/C27H29F2N3O2/c1-16(33)31-25(12-17-10-18(28)13-19(29)11-17)26(34)15-30-27-23-7-5-4-6-21(23)22-9-8-20(32(2)3)14-24(22)27/h4-11,13-14,25-27,30,34H,12,15H2,1-3H3,(H,31,33)/t25-,26-,27?/m0/s1. The van der Waals surface area contributed by atoms with Crippen molar-refractivity contribution in [1.29, 1.82) is 0 Å². The fourth-order valence-corrected chi connectivity index (χ4v) is 4.60. The Morgan fingerprint density at radius 1 is 1.00 bits per heavy atom. The highest BCUT2D eigenvalue weighted by Gasteiger charge is 2.30. The molecular weight excluding hydrogens is 436 g/mol. The Morgan fingerprint density at radius 2 is 1.68 bits per heavy atom. The number of carbonyl (C=O) groups is 1. The molecule has 1 aliphatic carbocycles. The third kappa shape index (κ3) is 5.11. The summed E-state index contributed by atoms with van der Waals surface area (Å²) in [5, 5.41) is 17.2. The third-order valence-corrected chi connectivity index (χ3v) is 6.19. The van der Waals surface area contributed by atoms with Gasteiger partial charge in [-0.15, -0.1) is 0 Å². The molecule has 0 aliphatic heterocycles. The highest BCUT2D eigenvalue weighted by Crippen LogP contribution is 2.44. The molecule has 5 nitrogen and oxygen atoms in total. The maximum Gasteiger partial charge on any atom is 0.217 e. The lowest BCUT2D eigenvalue weighted by atomic mass is 9.99. The molecule has 0 saturated heterocycles. The topological polar surface area (TPSA) is 64.6 Å². The average molecular weight is 466 g/mol. The van der Waals surface area contributed by atoms with Crippen LogP contribution in [0.15, 0.2) is 60.7 Å². The van der Waals surface area contributed by atoms with E-state index in [2.05, 4.69) is 41.0 Å². The normalized spacial score (nSPS) is 15.9. The summed E-state index contributed by atoms with van der Waals surface area (Å²) in [6, 6.07) is 16.8. The van der Waals surface area contributed by atoms with Crippen LogP contribution in [0.2, 0.25) is 0 Å². The summed E-state index contributed by atoms with van der Waals surface area (Å²) in [7, 11) is 3.98. The zero-order valence-electron chi connectivity index (χ0n) is 19.5. The molecule has 0 aromatic heterocycles. The summed E-state index contributed by atoms with van der Waals surface area (Å²) in [5.74, 6) is -1.71. The molecule has 0 bridgehead atoms. The zero-order valence-corrected chi connectivity index (χ0v) is 19.5. The van der Waals surface area contributed by atoms with E-state index in [1.807, 2.05) is 31.1 Å². The van der Waals surface area contributed by atoms with Crippen LogP contribution in [0.25, 0.3) is 11.1 Å². The van der Waals surface area contributed by atoms with Gasteiger partial charge in [0.05, 0.1) is 18.2 Å². The molecule has 3 aromatic rings. The van der Waals surface area contributed by atoms with Crippen molar-refractivity contribution >= 4 is 11.6 Å². The number of rotatable bonds is 8. The van der Waals surface area contributed by atoms with E-state index in [0.29, 0.717) is 5.56 Å². The van der Waals surface area contributed by atoms with Gasteiger partial charge in [0.25, 0.3) is 0 Å². The Balaban J connectivity index is 1.56. The molecule has 178 valence electrons. The van der Waals surface area contributed by atoms with E-state index < -0.39 is 23.8 Å². The Bertz CT molecular complexity index is 1180. The number of amides is 1. The predicted octanol–water partition coefficient (Wildman–Crippen LogP) is 3.80. The number of hydrogen-bond donors (Lipinski definition) is 3. The van der Waals surface area contributed by atoms with E-state index in [4.69, 9.17) is 0 Å². The number of hydrogen-bond acceptors (Lipinski definition) is 4. The van der Waals surface area contributed by atoms with Crippen LogP contribution in [0.5, 0.6) is 0 Å². The van der Waals surface area contributed by atoms with E-state index in [1.54, 1.807) is 0 Å².